The number of carbonyl (C=O) groups excluding carboxylic acids is 1. The number of nitrogens with two attached hydrogens (primary N) is 1. The van der Waals surface area contributed by atoms with Gasteiger partial charge in [0.15, 0.2) is 0 Å². The smallest absolute Gasteiger partial charge is 0.230 e. The van der Waals surface area contributed by atoms with Gasteiger partial charge in [-0.3, -0.25) is 4.79 Å². The molecule has 0 aliphatic rings. The summed E-state index contributed by atoms with van der Waals surface area (Å²) in [5, 5.41) is 2.93. The first-order chi connectivity index (χ1) is 9.41. The van der Waals surface area contributed by atoms with Gasteiger partial charge < -0.3 is 15.6 Å². The molecule has 3 N–H and O–H groups in total. The Morgan fingerprint density at radius 1 is 1.35 bits per heavy atom. The van der Waals surface area contributed by atoms with Gasteiger partial charge in [-0.2, -0.15) is 0 Å². The van der Waals surface area contributed by atoms with Gasteiger partial charge in [0, 0.05) is 25.1 Å². The molecule has 0 bridgehead atoms. The van der Waals surface area contributed by atoms with E-state index in [1.807, 2.05) is 55.9 Å². The summed E-state index contributed by atoms with van der Waals surface area (Å²) in [6.07, 6.45) is 3.57. The highest BCUT2D eigenvalue weighted by Gasteiger charge is 2.29. The van der Waals surface area contributed by atoms with E-state index in [0.29, 0.717) is 12.2 Å². The summed E-state index contributed by atoms with van der Waals surface area (Å²) in [5.74, 6) is 0.789. The average molecular weight is 272 g/mol. The summed E-state index contributed by atoms with van der Waals surface area (Å²) in [6.45, 7) is 4.21. The number of benzene rings is 1. The fourth-order valence-corrected chi connectivity index (χ4v) is 1.98. The van der Waals surface area contributed by atoms with Crippen molar-refractivity contribution in [2.24, 2.45) is 7.05 Å². The van der Waals surface area contributed by atoms with Crippen LogP contribution in [0.1, 0.15) is 25.2 Å². The fourth-order valence-electron chi connectivity index (χ4n) is 1.98. The molecule has 2 rings (SSSR count). The molecule has 106 valence electrons. The van der Waals surface area contributed by atoms with Crippen LogP contribution >= 0.6 is 0 Å². The zero-order chi connectivity index (χ0) is 14.8. The van der Waals surface area contributed by atoms with E-state index in [4.69, 9.17) is 5.73 Å². The van der Waals surface area contributed by atoms with Crippen LogP contribution in [-0.2, 0) is 23.8 Å². The largest absolute Gasteiger partial charge is 0.399 e. The Morgan fingerprint density at radius 2 is 2.00 bits per heavy atom. The Morgan fingerprint density at radius 3 is 2.55 bits per heavy atom. The van der Waals surface area contributed by atoms with Gasteiger partial charge in [-0.05, 0) is 31.5 Å². The molecule has 2 aromatic rings. The second-order valence-electron chi connectivity index (χ2n) is 5.38. The molecule has 5 heteroatoms. The van der Waals surface area contributed by atoms with Crippen molar-refractivity contribution in [1.82, 2.24) is 14.9 Å². The van der Waals surface area contributed by atoms with E-state index in [-0.39, 0.29) is 5.91 Å². The maximum atomic E-state index is 12.4. The van der Waals surface area contributed by atoms with Crippen LogP contribution in [0.4, 0.5) is 5.69 Å². The van der Waals surface area contributed by atoms with Gasteiger partial charge in [-0.1, -0.05) is 12.1 Å². The Kier molecular flexibility index (Phi) is 3.79. The lowest BCUT2D eigenvalue weighted by Gasteiger charge is -2.24. The van der Waals surface area contributed by atoms with Crippen molar-refractivity contribution >= 4 is 11.6 Å². The minimum atomic E-state index is -0.612. The number of hydrogen-bond acceptors (Lipinski definition) is 3. The molecule has 0 saturated heterocycles. The first-order valence-corrected chi connectivity index (χ1v) is 6.52. The van der Waals surface area contributed by atoms with E-state index in [1.165, 1.54) is 0 Å². The second-order valence-corrected chi connectivity index (χ2v) is 5.38. The highest BCUT2D eigenvalue weighted by Crippen LogP contribution is 2.24. The van der Waals surface area contributed by atoms with Gasteiger partial charge >= 0.3 is 0 Å². The van der Waals surface area contributed by atoms with Crippen molar-refractivity contribution < 1.29 is 4.79 Å². The molecule has 0 atom stereocenters. The molecule has 0 aliphatic carbocycles. The number of imidazole rings is 1. The van der Waals surface area contributed by atoms with Crippen LogP contribution in [0.3, 0.4) is 0 Å². The third-order valence-electron chi connectivity index (χ3n) is 3.53. The highest BCUT2D eigenvalue weighted by molar-refractivity contribution is 5.87. The summed E-state index contributed by atoms with van der Waals surface area (Å²) in [4.78, 5) is 16.6. The summed E-state index contributed by atoms with van der Waals surface area (Å²) in [7, 11) is 1.90. The molecular formula is C15H20N4O. The van der Waals surface area contributed by atoms with Gasteiger partial charge in [-0.15, -0.1) is 0 Å². The molecule has 1 heterocycles. The lowest BCUT2D eigenvalue weighted by Crippen LogP contribution is -2.40. The maximum absolute atomic E-state index is 12.4. The van der Waals surface area contributed by atoms with Crippen LogP contribution in [0, 0.1) is 0 Å². The van der Waals surface area contributed by atoms with Crippen molar-refractivity contribution in [3.8, 4) is 0 Å². The van der Waals surface area contributed by atoms with E-state index < -0.39 is 5.41 Å². The molecule has 0 spiro atoms. The summed E-state index contributed by atoms with van der Waals surface area (Å²) < 4.78 is 1.89. The summed E-state index contributed by atoms with van der Waals surface area (Å²) in [6, 6.07) is 7.39. The lowest BCUT2D eigenvalue weighted by molar-refractivity contribution is -0.125. The lowest BCUT2D eigenvalue weighted by atomic mass is 9.83. The van der Waals surface area contributed by atoms with Crippen LogP contribution < -0.4 is 11.1 Å². The first kappa shape index (κ1) is 14.1. The molecule has 0 radical (unpaired) electrons. The molecule has 1 aromatic carbocycles. The number of carbonyl (C=O) groups is 1. The highest BCUT2D eigenvalue weighted by atomic mass is 16.2. The average Bonchev–Trinajstić information content (AvgIpc) is 2.82. The van der Waals surface area contributed by atoms with E-state index in [0.717, 1.165) is 11.4 Å². The fraction of sp³-hybridized carbons (Fsp3) is 0.333. The number of nitrogens with one attached hydrogen (secondary N) is 1. The number of amides is 1. The maximum Gasteiger partial charge on any atom is 0.230 e. The number of hydrogen-bond donors (Lipinski definition) is 2. The van der Waals surface area contributed by atoms with Crippen LogP contribution in [-0.4, -0.2) is 15.5 Å². The van der Waals surface area contributed by atoms with Gasteiger partial charge in [0.05, 0.1) is 12.0 Å². The van der Waals surface area contributed by atoms with Crippen LogP contribution in [0.15, 0.2) is 36.7 Å². The molecule has 0 unspecified atom stereocenters. The van der Waals surface area contributed by atoms with E-state index in [9.17, 15) is 4.79 Å². The van der Waals surface area contributed by atoms with E-state index in [2.05, 4.69) is 10.3 Å². The van der Waals surface area contributed by atoms with Crippen molar-refractivity contribution in [2.75, 3.05) is 5.73 Å². The Labute approximate surface area is 118 Å². The molecular weight excluding hydrogens is 252 g/mol. The Hall–Kier alpha value is -2.30. The van der Waals surface area contributed by atoms with E-state index in [1.54, 1.807) is 6.20 Å². The van der Waals surface area contributed by atoms with Gasteiger partial charge in [0.25, 0.3) is 0 Å². The number of anilines is 1. The quantitative estimate of drug-likeness (QED) is 0.830. The third-order valence-corrected chi connectivity index (χ3v) is 3.53. The normalized spacial score (nSPS) is 11.3. The van der Waals surface area contributed by atoms with Gasteiger partial charge in [0.2, 0.25) is 5.91 Å². The molecule has 20 heavy (non-hydrogen) atoms. The van der Waals surface area contributed by atoms with Crippen LogP contribution in [0.25, 0.3) is 0 Å². The number of nitrogens with zero attached hydrogens (tertiary/aromatic N) is 2. The summed E-state index contributed by atoms with van der Waals surface area (Å²) >= 11 is 0. The molecule has 1 amide bonds. The molecule has 5 nitrogen and oxygen atoms in total. The predicted molar refractivity (Wildman–Crippen MR) is 78.9 cm³/mol. The zero-order valence-electron chi connectivity index (χ0n) is 12.1. The van der Waals surface area contributed by atoms with Crippen molar-refractivity contribution in [3.05, 3.63) is 48.0 Å². The Balaban J connectivity index is 2.07. The SMILES string of the molecule is Cn1ccnc1CNC(=O)C(C)(C)c1ccc(N)cc1. The molecule has 1 aromatic heterocycles. The number of rotatable bonds is 4. The number of nitrogen functional groups attached to an aromatic ring is 1. The van der Waals surface area contributed by atoms with Crippen molar-refractivity contribution in [3.63, 3.8) is 0 Å². The zero-order valence-corrected chi connectivity index (χ0v) is 12.1. The minimum absolute atomic E-state index is 0.0368. The van der Waals surface area contributed by atoms with Crippen molar-refractivity contribution in [2.45, 2.75) is 25.8 Å². The van der Waals surface area contributed by atoms with Crippen molar-refractivity contribution in [1.29, 1.82) is 0 Å². The number of aryl methyl sites for hydroxylation is 1. The minimum Gasteiger partial charge on any atom is -0.399 e. The molecule has 0 aliphatic heterocycles. The van der Waals surface area contributed by atoms with Gasteiger partial charge in [-0.25, -0.2) is 4.98 Å². The topological polar surface area (TPSA) is 72.9 Å². The van der Waals surface area contributed by atoms with Gasteiger partial charge in [0.1, 0.15) is 5.82 Å². The second kappa shape index (κ2) is 5.36. The molecule has 0 saturated carbocycles. The van der Waals surface area contributed by atoms with Crippen LogP contribution in [0.5, 0.6) is 0 Å². The monoisotopic (exact) mass is 272 g/mol. The number of aromatic nitrogens is 2. The summed E-state index contributed by atoms with van der Waals surface area (Å²) in [5.41, 5.74) is 6.69. The predicted octanol–water partition coefficient (Wildman–Crippen LogP) is 1.60. The third kappa shape index (κ3) is 2.82. The Bertz CT molecular complexity index is 599. The standard InChI is InChI=1S/C15H20N4O/c1-15(2,11-4-6-12(16)7-5-11)14(20)18-10-13-17-8-9-19(13)3/h4-9H,10,16H2,1-3H3,(H,18,20). The van der Waals surface area contributed by atoms with E-state index >= 15 is 0 Å². The molecule has 0 fully saturated rings. The first-order valence-electron chi connectivity index (χ1n) is 6.52. The van der Waals surface area contributed by atoms with Crippen LogP contribution in [0.2, 0.25) is 0 Å².